The van der Waals surface area contributed by atoms with E-state index in [0.29, 0.717) is 23.1 Å². The molecule has 0 spiro atoms. The predicted molar refractivity (Wildman–Crippen MR) is 95.3 cm³/mol. The van der Waals surface area contributed by atoms with Crippen molar-refractivity contribution in [3.8, 4) is 0 Å². The number of nitrogens with one attached hydrogen (secondary N) is 1. The van der Waals surface area contributed by atoms with Crippen molar-refractivity contribution in [2.75, 3.05) is 11.5 Å². The molecule has 0 atom stereocenters. The van der Waals surface area contributed by atoms with Gasteiger partial charge in [-0.1, -0.05) is 18.5 Å². The minimum atomic E-state index is -2.94. The van der Waals surface area contributed by atoms with E-state index in [-0.39, 0.29) is 17.9 Å². The molecule has 3 rings (SSSR count). The number of hydrogen-bond acceptors (Lipinski definition) is 5. The monoisotopic (exact) mass is 368 g/mol. The largest absolute Gasteiger partial charge is 0.360 e. The van der Waals surface area contributed by atoms with Gasteiger partial charge in [-0.2, -0.15) is 0 Å². The second kappa shape index (κ2) is 7.89. The van der Waals surface area contributed by atoms with Gasteiger partial charge in [0, 0.05) is 18.0 Å². The maximum absolute atomic E-state index is 12.3. The van der Waals surface area contributed by atoms with E-state index in [4.69, 9.17) is 4.52 Å². The molecule has 25 heavy (non-hydrogen) atoms. The number of rotatable bonds is 8. The van der Waals surface area contributed by atoms with E-state index >= 15 is 0 Å². The molecule has 2 aliphatic rings. The van der Waals surface area contributed by atoms with Crippen LogP contribution in [0, 0.1) is 5.92 Å². The molecule has 1 heterocycles. The minimum Gasteiger partial charge on any atom is -0.360 e. The van der Waals surface area contributed by atoms with Crippen LogP contribution in [-0.2, 0) is 9.84 Å². The van der Waals surface area contributed by atoms with Crippen LogP contribution in [0.5, 0.6) is 0 Å². The van der Waals surface area contributed by atoms with Crippen LogP contribution in [-0.4, -0.2) is 37.0 Å². The number of nitrogens with zero attached hydrogens (tertiary/aromatic N) is 1. The topological polar surface area (TPSA) is 89.3 Å². The van der Waals surface area contributed by atoms with Crippen LogP contribution < -0.4 is 5.32 Å². The summed E-state index contributed by atoms with van der Waals surface area (Å²) < 4.78 is 29.4. The van der Waals surface area contributed by atoms with Crippen LogP contribution in [0.15, 0.2) is 10.6 Å². The van der Waals surface area contributed by atoms with E-state index in [1.165, 1.54) is 0 Å². The van der Waals surface area contributed by atoms with Gasteiger partial charge in [0.1, 0.15) is 5.76 Å². The quantitative estimate of drug-likeness (QED) is 0.762. The Hall–Kier alpha value is -1.37. The number of unbranched alkanes of at least 4 members (excludes halogenated alkanes) is 1. The molecule has 7 heteroatoms. The first-order valence-corrected chi connectivity index (χ1v) is 11.3. The highest BCUT2D eigenvalue weighted by Crippen LogP contribution is 2.40. The third-order valence-corrected chi connectivity index (χ3v) is 7.11. The van der Waals surface area contributed by atoms with Gasteiger partial charge in [0.25, 0.3) is 5.91 Å². The van der Waals surface area contributed by atoms with Crippen molar-refractivity contribution in [1.29, 1.82) is 0 Å². The lowest BCUT2D eigenvalue weighted by molar-refractivity contribution is 0.0914. The van der Waals surface area contributed by atoms with Crippen LogP contribution in [0.4, 0.5) is 0 Å². The molecule has 6 nitrogen and oxygen atoms in total. The lowest BCUT2D eigenvalue weighted by Crippen LogP contribution is -2.38. The van der Waals surface area contributed by atoms with Crippen molar-refractivity contribution >= 4 is 15.7 Å². The Labute approximate surface area is 149 Å². The summed E-state index contributed by atoms with van der Waals surface area (Å²) >= 11 is 0. The minimum absolute atomic E-state index is 0.100. The Bertz CT molecular complexity index is 686. The molecular formula is C18H28N2O4S. The molecule has 1 amide bonds. The maximum atomic E-state index is 12.3. The second-order valence-corrected chi connectivity index (χ2v) is 9.78. The van der Waals surface area contributed by atoms with E-state index in [9.17, 15) is 13.2 Å². The molecule has 0 saturated heterocycles. The Morgan fingerprint density at radius 1 is 1.24 bits per heavy atom. The molecule has 140 valence electrons. The zero-order valence-electron chi connectivity index (χ0n) is 14.9. The highest BCUT2D eigenvalue weighted by Gasteiger charge is 2.30. The number of carbonyl (C=O) groups is 1. The molecule has 1 aromatic heterocycles. The van der Waals surface area contributed by atoms with Crippen molar-refractivity contribution < 1.29 is 17.7 Å². The zero-order chi connectivity index (χ0) is 17.9. The molecule has 0 aromatic carbocycles. The summed E-state index contributed by atoms with van der Waals surface area (Å²) in [6.07, 6.45) is 7.23. The van der Waals surface area contributed by atoms with Gasteiger partial charge in [0.2, 0.25) is 0 Å². The van der Waals surface area contributed by atoms with Gasteiger partial charge in [-0.15, -0.1) is 0 Å². The number of aromatic nitrogens is 1. The number of hydrogen-bond donors (Lipinski definition) is 1. The molecular weight excluding hydrogens is 340 g/mol. The van der Waals surface area contributed by atoms with Crippen LogP contribution in [0.1, 0.15) is 80.5 Å². The Morgan fingerprint density at radius 2 is 1.96 bits per heavy atom. The fraction of sp³-hybridized carbons (Fsp3) is 0.778. The van der Waals surface area contributed by atoms with Crippen molar-refractivity contribution in [2.45, 2.75) is 70.3 Å². The van der Waals surface area contributed by atoms with Crippen LogP contribution in [0.2, 0.25) is 0 Å². The summed E-state index contributed by atoms with van der Waals surface area (Å²) in [6.45, 7) is 2.01. The van der Waals surface area contributed by atoms with Gasteiger partial charge in [-0.05, 0) is 50.9 Å². The molecule has 0 unspecified atom stereocenters. The summed E-state index contributed by atoms with van der Waals surface area (Å²) in [5.41, 5.74) is 0.353. The summed E-state index contributed by atoms with van der Waals surface area (Å²) in [6, 6.07) is 1.85. The summed E-state index contributed by atoms with van der Waals surface area (Å²) in [5, 5.41) is 6.88. The summed E-state index contributed by atoms with van der Waals surface area (Å²) in [7, 11) is -2.94. The second-order valence-electron chi connectivity index (χ2n) is 7.55. The third-order valence-electron chi connectivity index (χ3n) is 5.22. The first kappa shape index (κ1) is 18.4. The molecule has 0 radical (unpaired) electrons. The van der Waals surface area contributed by atoms with E-state index in [0.717, 1.165) is 57.1 Å². The molecule has 2 aliphatic carbocycles. The van der Waals surface area contributed by atoms with Crippen molar-refractivity contribution in [2.24, 2.45) is 5.92 Å². The average Bonchev–Trinajstić information content (AvgIpc) is 3.31. The van der Waals surface area contributed by atoms with Gasteiger partial charge < -0.3 is 9.84 Å². The molecule has 0 aliphatic heterocycles. The van der Waals surface area contributed by atoms with Crippen molar-refractivity contribution in [3.63, 3.8) is 0 Å². The number of carbonyl (C=O) groups excluding carboxylic acids is 1. The summed E-state index contributed by atoms with van der Waals surface area (Å²) in [5.74, 6) is 1.89. The highest BCUT2D eigenvalue weighted by molar-refractivity contribution is 7.91. The molecule has 2 fully saturated rings. The SMILES string of the molecule is CCCCS(=O)(=O)CC1CCC(NC(=O)c2cc(C3CC3)on2)CC1. The van der Waals surface area contributed by atoms with Gasteiger partial charge in [0.05, 0.1) is 11.5 Å². The van der Waals surface area contributed by atoms with Crippen molar-refractivity contribution in [1.82, 2.24) is 10.5 Å². The maximum Gasteiger partial charge on any atom is 0.273 e. The lowest BCUT2D eigenvalue weighted by atomic mass is 9.87. The molecule has 1 aromatic rings. The van der Waals surface area contributed by atoms with Crippen LogP contribution >= 0.6 is 0 Å². The first-order chi connectivity index (χ1) is 12.0. The fourth-order valence-corrected chi connectivity index (χ4v) is 5.44. The van der Waals surface area contributed by atoms with E-state index < -0.39 is 9.84 Å². The van der Waals surface area contributed by atoms with E-state index in [1.54, 1.807) is 6.07 Å². The standard InChI is InChI=1S/C18H28N2O4S/c1-2-3-10-25(22,23)12-13-4-8-15(9-5-13)19-18(21)16-11-17(24-20-16)14-6-7-14/h11,13-15H,2-10,12H2,1H3,(H,19,21). The van der Waals surface area contributed by atoms with E-state index in [2.05, 4.69) is 10.5 Å². The Kier molecular flexibility index (Phi) is 5.81. The van der Waals surface area contributed by atoms with E-state index in [1.807, 2.05) is 6.92 Å². The fourth-order valence-electron chi connectivity index (χ4n) is 3.50. The number of amides is 1. The van der Waals surface area contributed by atoms with Crippen LogP contribution in [0.3, 0.4) is 0 Å². The van der Waals surface area contributed by atoms with Gasteiger partial charge in [0.15, 0.2) is 15.5 Å². The van der Waals surface area contributed by atoms with Crippen LogP contribution in [0.25, 0.3) is 0 Å². The van der Waals surface area contributed by atoms with Gasteiger partial charge in [-0.3, -0.25) is 4.79 Å². The molecule has 1 N–H and O–H groups in total. The normalized spacial score (nSPS) is 24.2. The summed E-state index contributed by atoms with van der Waals surface area (Å²) in [4.78, 5) is 12.3. The van der Waals surface area contributed by atoms with Gasteiger partial charge >= 0.3 is 0 Å². The Balaban J connectivity index is 1.43. The zero-order valence-corrected chi connectivity index (χ0v) is 15.7. The smallest absolute Gasteiger partial charge is 0.273 e. The lowest BCUT2D eigenvalue weighted by Gasteiger charge is -2.28. The molecule has 0 bridgehead atoms. The molecule has 2 saturated carbocycles. The predicted octanol–water partition coefficient (Wildman–Crippen LogP) is 3.06. The first-order valence-electron chi connectivity index (χ1n) is 9.44. The highest BCUT2D eigenvalue weighted by atomic mass is 32.2. The Morgan fingerprint density at radius 3 is 2.60 bits per heavy atom. The average molecular weight is 368 g/mol. The number of sulfone groups is 1. The van der Waals surface area contributed by atoms with Crippen molar-refractivity contribution in [3.05, 3.63) is 17.5 Å². The third kappa shape index (κ3) is 5.30. The van der Waals surface area contributed by atoms with Gasteiger partial charge in [-0.25, -0.2) is 8.42 Å².